The van der Waals surface area contributed by atoms with E-state index >= 15 is 0 Å². The zero-order chi connectivity index (χ0) is 19.4. The third-order valence-corrected chi connectivity index (χ3v) is 5.65. The number of hydrogen-bond acceptors (Lipinski definition) is 4. The molecule has 3 rings (SSSR count). The van der Waals surface area contributed by atoms with Crippen LogP contribution in [-0.2, 0) is 10.2 Å². The van der Waals surface area contributed by atoms with Gasteiger partial charge in [0.15, 0.2) is 0 Å². The largest absolute Gasteiger partial charge is 0.492 e. The van der Waals surface area contributed by atoms with Crippen LogP contribution >= 0.6 is 24.0 Å². The lowest BCUT2D eigenvalue weighted by molar-refractivity contribution is -0.122. The van der Waals surface area contributed by atoms with E-state index in [0.717, 1.165) is 11.3 Å². The van der Waals surface area contributed by atoms with Crippen molar-refractivity contribution >= 4 is 40.3 Å². The topological polar surface area (TPSA) is 29.5 Å². The third-order valence-electron chi connectivity index (χ3n) is 4.27. The van der Waals surface area contributed by atoms with Gasteiger partial charge in [-0.15, -0.1) is 0 Å². The van der Waals surface area contributed by atoms with E-state index in [-0.39, 0.29) is 11.3 Å². The molecule has 0 aromatic heterocycles. The van der Waals surface area contributed by atoms with E-state index < -0.39 is 0 Å². The van der Waals surface area contributed by atoms with E-state index in [4.69, 9.17) is 17.0 Å². The van der Waals surface area contributed by atoms with Crippen LogP contribution in [0.1, 0.15) is 31.9 Å². The van der Waals surface area contributed by atoms with Gasteiger partial charge in [0.25, 0.3) is 5.91 Å². The van der Waals surface area contributed by atoms with Crippen LogP contribution < -0.4 is 4.74 Å². The molecule has 0 N–H and O–H groups in total. The van der Waals surface area contributed by atoms with Gasteiger partial charge >= 0.3 is 0 Å². The number of hydrogen-bond donors (Lipinski definition) is 0. The molecule has 0 bridgehead atoms. The summed E-state index contributed by atoms with van der Waals surface area (Å²) in [6, 6.07) is 17.9. The Bertz CT molecular complexity index is 852. The predicted octanol–water partition coefficient (Wildman–Crippen LogP) is 5.26. The van der Waals surface area contributed by atoms with Gasteiger partial charge in [-0.05, 0) is 34.8 Å². The number of carbonyl (C=O) groups excluding carboxylic acids is 1. The van der Waals surface area contributed by atoms with Gasteiger partial charge in [-0.25, -0.2) is 0 Å². The van der Waals surface area contributed by atoms with Gasteiger partial charge in [-0.3, -0.25) is 9.69 Å². The van der Waals surface area contributed by atoms with E-state index in [9.17, 15) is 4.79 Å². The minimum Gasteiger partial charge on any atom is -0.492 e. The summed E-state index contributed by atoms with van der Waals surface area (Å²) in [5.41, 5.74) is 2.38. The van der Waals surface area contributed by atoms with Crippen LogP contribution in [0.2, 0.25) is 0 Å². The molecule has 0 spiro atoms. The zero-order valence-electron chi connectivity index (χ0n) is 15.8. The van der Waals surface area contributed by atoms with Gasteiger partial charge < -0.3 is 4.74 Å². The Labute approximate surface area is 170 Å². The zero-order valence-corrected chi connectivity index (χ0v) is 17.4. The highest BCUT2D eigenvalue weighted by atomic mass is 32.2. The summed E-state index contributed by atoms with van der Waals surface area (Å²) in [5.74, 6) is 0.735. The fourth-order valence-electron chi connectivity index (χ4n) is 2.69. The normalized spacial score (nSPS) is 16.3. The first-order chi connectivity index (χ1) is 12.8. The molecule has 0 radical (unpaired) electrons. The minimum atomic E-state index is -0.0541. The molecule has 1 aliphatic heterocycles. The van der Waals surface area contributed by atoms with Crippen molar-refractivity contribution in [2.75, 3.05) is 13.2 Å². The van der Waals surface area contributed by atoms with Crippen LogP contribution in [0.4, 0.5) is 0 Å². The van der Waals surface area contributed by atoms with E-state index in [1.165, 1.54) is 17.3 Å². The summed E-state index contributed by atoms with van der Waals surface area (Å²) in [4.78, 5) is 14.9. The maximum atomic E-state index is 12.7. The van der Waals surface area contributed by atoms with Crippen molar-refractivity contribution in [2.24, 2.45) is 0 Å². The lowest BCUT2D eigenvalue weighted by Crippen LogP contribution is -2.32. The van der Waals surface area contributed by atoms with E-state index in [1.54, 1.807) is 4.90 Å². The molecule has 0 unspecified atom stereocenters. The Kier molecular flexibility index (Phi) is 6.02. The van der Waals surface area contributed by atoms with Gasteiger partial charge in [-0.2, -0.15) is 0 Å². The monoisotopic (exact) mass is 397 g/mol. The fourth-order valence-corrected chi connectivity index (χ4v) is 4.00. The Morgan fingerprint density at radius 1 is 1.07 bits per heavy atom. The number of para-hydroxylation sites is 1. The summed E-state index contributed by atoms with van der Waals surface area (Å²) in [6.07, 6.45) is 1.91. The van der Waals surface area contributed by atoms with Crippen LogP contribution in [0.3, 0.4) is 0 Å². The van der Waals surface area contributed by atoms with Gasteiger partial charge in [0.1, 0.15) is 16.7 Å². The van der Waals surface area contributed by atoms with Crippen molar-refractivity contribution in [3.63, 3.8) is 0 Å². The lowest BCUT2D eigenvalue weighted by atomic mass is 9.87. The molecule has 2 aromatic carbocycles. The van der Waals surface area contributed by atoms with Crippen molar-refractivity contribution in [1.29, 1.82) is 0 Å². The van der Waals surface area contributed by atoms with Crippen molar-refractivity contribution in [3.8, 4) is 5.75 Å². The lowest BCUT2D eigenvalue weighted by Gasteiger charge is -2.18. The highest BCUT2D eigenvalue weighted by Gasteiger charge is 2.31. The Balaban J connectivity index is 1.63. The number of rotatable bonds is 5. The molecular weight excluding hydrogens is 374 g/mol. The summed E-state index contributed by atoms with van der Waals surface area (Å²) >= 11 is 6.73. The molecule has 3 nitrogen and oxygen atoms in total. The van der Waals surface area contributed by atoms with Crippen molar-refractivity contribution in [3.05, 3.63) is 70.6 Å². The molecule has 1 amide bonds. The van der Waals surface area contributed by atoms with Gasteiger partial charge in [-0.1, -0.05) is 87.2 Å². The number of amides is 1. The SMILES string of the molecule is CC(C)(C)c1ccc(/C=C2\SC(=S)N(CCOc3ccccc3)C2=O)cc1. The Hall–Kier alpha value is -2.11. The van der Waals surface area contributed by atoms with Gasteiger partial charge in [0.2, 0.25) is 0 Å². The molecule has 1 heterocycles. The average Bonchev–Trinajstić information content (AvgIpc) is 2.90. The van der Waals surface area contributed by atoms with E-state index in [2.05, 4.69) is 32.9 Å². The smallest absolute Gasteiger partial charge is 0.266 e. The van der Waals surface area contributed by atoms with Crippen molar-refractivity contribution < 1.29 is 9.53 Å². The molecule has 1 aliphatic rings. The summed E-state index contributed by atoms with van der Waals surface area (Å²) in [5, 5.41) is 0. The van der Waals surface area contributed by atoms with Crippen molar-refractivity contribution in [2.45, 2.75) is 26.2 Å². The molecule has 0 aliphatic carbocycles. The fraction of sp³-hybridized carbons (Fsp3) is 0.273. The van der Waals surface area contributed by atoms with Crippen LogP contribution in [-0.4, -0.2) is 28.3 Å². The third kappa shape index (κ3) is 4.99. The maximum absolute atomic E-state index is 12.7. The quantitative estimate of drug-likeness (QED) is 0.508. The molecule has 140 valence electrons. The number of ether oxygens (including phenoxy) is 1. The highest BCUT2D eigenvalue weighted by Crippen LogP contribution is 2.32. The molecule has 1 saturated heterocycles. The predicted molar refractivity (Wildman–Crippen MR) is 117 cm³/mol. The number of benzene rings is 2. The van der Waals surface area contributed by atoms with Crippen LogP contribution in [0, 0.1) is 0 Å². The van der Waals surface area contributed by atoms with Gasteiger partial charge in [0, 0.05) is 0 Å². The van der Waals surface area contributed by atoms with E-state index in [1.807, 2.05) is 48.5 Å². The summed E-state index contributed by atoms with van der Waals surface area (Å²) < 4.78 is 6.26. The second kappa shape index (κ2) is 8.28. The maximum Gasteiger partial charge on any atom is 0.266 e. The first-order valence-corrected chi connectivity index (χ1v) is 10.1. The Morgan fingerprint density at radius 2 is 1.74 bits per heavy atom. The first-order valence-electron chi connectivity index (χ1n) is 8.88. The molecule has 0 saturated carbocycles. The second-order valence-corrected chi connectivity index (χ2v) is 9.04. The van der Waals surface area contributed by atoms with Crippen LogP contribution in [0.5, 0.6) is 5.75 Å². The van der Waals surface area contributed by atoms with Crippen LogP contribution in [0.25, 0.3) is 6.08 Å². The number of thioether (sulfide) groups is 1. The van der Waals surface area contributed by atoms with Crippen molar-refractivity contribution in [1.82, 2.24) is 4.90 Å². The molecule has 0 atom stereocenters. The average molecular weight is 398 g/mol. The van der Waals surface area contributed by atoms with E-state index in [0.29, 0.717) is 22.4 Å². The molecule has 27 heavy (non-hydrogen) atoms. The standard InChI is InChI=1S/C22H23NO2S2/c1-22(2,3)17-11-9-16(10-12-17)15-19-20(24)23(21(26)27-19)13-14-25-18-7-5-4-6-8-18/h4-12,15H,13-14H2,1-3H3/b19-15-. The number of carbonyl (C=O) groups is 1. The first kappa shape index (κ1) is 19.6. The molecule has 5 heteroatoms. The molecule has 2 aromatic rings. The minimum absolute atomic E-state index is 0.0541. The Morgan fingerprint density at radius 3 is 2.37 bits per heavy atom. The highest BCUT2D eigenvalue weighted by molar-refractivity contribution is 8.26. The van der Waals surface area contributed by atoms with Crippen LogP contribution in [0.15, 0.2) is 59.5 Å². The molecular formula is C22H23NO2S2. The van der Waals surface area contributed by atoms with Gasteiger partial charge in [0.05, 0.1) is 11.4 Å². The summed E-state index contributed by atoms with van der Waals surface area (Å²) in [6.45, 7) is 7.41. The summed E-state index contributed by atoms with van der Waals surface area (Å²) in [7, 11) is 0. The number of thiocarbonyl (C=S) groups is 1. The second-order valence-electron chi connectivity index (χ2n) is 7.37. The number of nitrogens with zero attached hydrogens (tertiary/aromatic N) is 1. The molecule has 1 fully saturated rings.